The highest BCUT2D eigenvalue weighted by Gasteiger charge is 2.30. The van der Waals surface area contributed by atoms with Crippen molar-refractivity contribution in [2.75, 3.05) is 4.90 Å². The van der Waals surface area contributed by atoms with Gasteiger partial charge in [-0.05, 0) is 119 Å². The van der Waals surface area contributed by atoms with Crippen LogP contribution in [0.25, 0.3) is 66.5 Å². The molecule has 4 nitrogen and oxygen atoms in total. The molecule has 0 saturated heterocycles. The first-order valence-corrected chi connectivity index (χ1v) is 23.2. The zero-order valence-electron chi connectivity index (χ0n) is 38.5. The number of fused-ring (bicyclic) bond motifs is 6. The third-order valence-electron chi connectivity index (χ3n) is 12.9. The minimum Gasteiger partial charge on any atom is -0.398 e. The summed E-state index contributed by atoms with van der Waals surface area (Å²) in [4.78, 5) is 7.90. The first-order chi connectivity index (χ1) is 33.5. The summed E-state index contributed by atoms with van der Waals surface area (Å²) in [5.41, 5.74) is 26.9. The number of nitrogens with two attached hydrogens (primary N) is 1. The standard InChI is InChI=1S/C64H52N4/c1-5-9-24-44(7-3)48-39-49(45-25-13-10-14-26-45)41-50(40-48)47-35-38-60-58(42-47)56-37-36-55-53(23-6-2)52(8-4)54-31-20-22-34-61(54)68(51-29-17-12-18-30-51)64(55)63(56)67(60)43-66-59-33-21-19-32-57(59)62(65)46-27-15-11-16-28-46/h5-42H,1,4,43,65H2,2-3H3/b23-6-,24-9-,44-7+,62-57-,66-59-. The van der Waals surface area contributed by atoms with E-state index in [-0.39, 0.29) is 0 Å². The molecule has 1 aliphatic heterocycles. The molecule has 1 aliphatic carbocycles. The van der Waals surface area contributed by atoms with Crippen LogP contribution in [0.1, 0.15) is 36.1 Å². The van der Waals surface area contributed by atoms with Crippen LogP contribution in [-0.4, -0.2) is 10.3 Å². The molecular formula is C64H52N4. The molecule has 2 aliphatic rings. The smallest absolute Gasteiger partial charge is 0.115 e. The van der Waals surface area contributed by atoms with Crippen LogP contribution in [-0.2, 0) is 6.67 Å². The van der Waals surface area contributed by atoms with Gasteiger partial charge in [-0.25, -0.2) is 0 Å². The van der Waals surface area contributed by atoms with E-state index in [0.717, 1.165) is 111 Å². The zero-order chi connectivity index (χ0) is 46.6. The van der Waals surface area contributed by atoms with Crippen molar-refractivity contribution in [2.45, 2.75) is 20.5 Å². The topological polar surface area (TPSA) is 46.6 Å². The molecule has 0 fully saturated rings. The molecule has 2 N–H and O–H groups in total. The Kier molecular flexibility index (Phi) is 12.1. The van der Waals surface area contributed by atoms with Crippen molar-refractivity contribution in [2.24, 2.45) is 10.7 Å². The van der Waals surface area contributed by atoms with E-state index in [9.17, 15) is 0 Å². The average molecular weight is 877 g/mol. The van der Waals surface area contributed by atoms with E-state index < -0.39 is 0 Å². The molecule has 2 heterocycles. The normalized spacial score (nSPS) is 15.1. The van der Waals surface area contributed by atoms with E-state index in [4.69, 9.17) is 10.7 Å². The summed E-state index contributed by atoms with van der Waals surface area (Å²) in [5.74, 6) is 0. The number of aromatic nitrogens is 1. The summed E-state index contributed by atoms with van der Waals surface area (Å²) in [7, 11) is 0. The fraction of sp³-hybridized carbons (Fsp3) is 0.0469. The number of para-hydroxylation sites is 2. The van der Waals surface area contributed by atoms with Gasteiger partial charge < -0.3 is 15.2 Å². The fourth-order valence-corrected chi connectivity index (χ4v) is 9.71. The predicted octanol–water partition coefficient (Wildman–Crippen LogP) is 16.6. The molecule has 0 bridgehead atoms. The third-order valence-corrected chi connectivity index (χ3v) is 12.9. The number of nitrogens with zero attached hydrogens (tertiary/aromatic N) is 3. The van der Waals surface area contributed by atoms with Crippen molar-refractivity contribution < 1.29 is 0 Å². The van der Waals surface area contributed by atoms with Gasteiger partial charge in [0.15, 0.2) is 0 Å². The van der Waals surface area contributed by atoms with Crippen molar-refractivity contribution in [1.82, 2.24) is 4.57 Å². The van der Waals surface area contributed by atoms with Gasteiger partial charge in [-0.3, -0.25) is 4.99 Å². The number of hydrogen-bond donors (Lipinski definition) is 1. The maximum absolute atomic E-state index is 6.95. The van der Waals surface area contributed by atoms with E-state index in [2.05, 4.69) is 206 Å². The molecule has 68 heavy (non-hydrogen) atoms. The third kappa shape index (κ3) is 7.92. The summed E-state index contributed by atoms with van der Waals surface area (Å²) in [6, 6.07) is 58.6. The Balaban J connectivity index is 1.28. The first kappa shape index (κ1) is 43.2. The lowest BCUT2D eigenvalue weighted by atomic mass is 9.92. The van der Waals surface area contributed by atoms with Gasteiger partial charge >= 0.3 is 0 Å². The molecule has 0 atom stereocenters. The molecule has 1 aromatic heterocycles. The van der Waals surface area contributed by atoms with E-state index in [1.54, 1.807) is 0 Å². The SMILES string of the molecule is C=C/C=C\C(=C/C)c1cc(-c2ccccc2)cc(-c2ccc3c(c2)c2ccc4c(c2n3C/N=C2/C=CC=C/C2=C(/N)c2ccccc2)N(c2ccccc2)c2ccccc2C(C=C)=C4/C=C\C)c1. The molecule has 7 aromatic carbocycles. The van der Waals surface area contributed by atoms with Gasteiger partial charge in [0.1, 0.15) is 6.67 Å². The first-order valence-electron chi connectivity index (χ1n) is 23.2. The lowest BCUT2D eigenvalue weighted by molar-refractivity contribution is 0.793. The van der Waals surface area contributed by atoms with Crippen molar-refractivity contribution in [1.29, 1.82) is 0 Å². The number of aliphatic imine (C=N–C) groups is 1. The van der Waals surface area contributed by atoms with Gasteiger partial charge in [0.2, 0.25) is 0 Å². The molecule has 0 unspecified atom stereocenters. The molecule has 0 saturated carbocycles. The van der Waals surface area contributed by atoms with Crippen molar-refractivity contribution in [3.05, 3.63) is 272 Å². The van der Waals surface area contributed by atoms with Crippen molar-refractivity contribution >= 4 is 67.0 Å². The van der Waals surface area contributed by atoms with Gasteiger partial charge in [-0.15, -0.1) is 0 Å². The average Bonchev–Trinajstić information content (AvgIpc) is 3.65. The van der Waals surface area contributed by atoms with Gasteiger partial charge in [0.05, 0.1) is 28.1 Å². The monoisotopic (exact) mass is 876 g/mol. The summed E-state index contributed by atoms with van der Waals surface area (Å²) < 4.78 is 2.40. The highest BCUT2D eigenvalue weighted by atomic mass is 15.2. The Morgan fingerprint density at radius 2 is 1.34 bits per heavy atom. The van der Waals surface area contributed by atoms with E-state index in [1.807, 2.05) is 60.7 Å². The second-order valence-corrected chi connectivity index (χ2v) is 16.8. The summed E-state index contributed by atoms with van der Waals surface area (Å²) >= 11 is 0. The van der Waals surface area contributed by atoms with Gasteiger partial charge in [-0.2, -0.15) is 0 Å². The molecule has 328 valence electrons. The van der Waals surface area contributed by atoms with E-state index >= 15 is 0 Å². The number of allylic oxidation sites excluding steroid dienone is 15. The lowest BCUT2D eigenvalue weighted by Gasteiger charge is -2.29. The van der Waals surface area contributed by atoms with E-state index in [1.165, 1.54) is 0 Å². The van der Waals surface area contributed by atoms with Gasteiger partial charge in [-0.1, -0.05) is 189 Å². The summed E-state index contributed by atoms with van der Waals surface area (Å²) in [5, 5.41) is 2.26. The molecule has 0 radical (unpaired) electrons. The maximum atomic E-state index is 6.95. The van der Waals surface area contributed by atoms with Crippen molar-refractivity contribution in [3.63, 3.8) is 0 Å². The maximum Gasteiger partial charge on any atom is 0.115 e. The van der Waals surface area contributed by atoms with Crippen molar-refractivity contribution in [3.8, 4) is 22.3 Å². The number of rotatable bonds is 11. The molecular weight excluding hydrogens is 825 g/mol. The predicted molar refractivity (Wildman–Crippen MR) is 293 cm³/mol. The molecule has 10 rings (SSSR count). The fourth-order valence-electron chi connectivity index (χ4n) is 9.71. The Hall–Kier alpha value is -8.73. The van der Waals surface area contributed by atoms with E-state index in [0.29, 0.717) is 12.4 Å². The lowest BCUT2D eigenvalue weighted by Crippen LogP contribution is -2.14. The van der Waals surface area contributed by atoms with Crippen LogP contribution in [0.2, 0.25) is 0 Å². The molecule has 8 aromatic rings. The minimum atomic E-state index is 0.337. The van der Waals surface area contributed by atoms with Crippen LogP contribution in [0.5, 0.6) is 0 Å². The van der Waals surface area contributed by atoms with Crippen LogP contribution < -0.4 is 10.6 Å². The van der Waals surface area contributed by atoms with Gasteiger partial charge in [0, 0.05) is 38.9 Å². The van der Waals surface area contributed by atoms with Crippen LogP contribution in [0, 0.1) is 0 Å². The Morgan fingerprint density at radius 1 is 0.632 bits per heavy atom. The molecule has 0 spiro atoms. The minimum absolute atomic E-state index is 0.337. The highest BCUT2D eigenvalue weighted by molar-refractivity contribution is 6.20. The van der Waals surface area contributed by atoms with Crippen LogP contribution >= 0.6 is 0 Å². The number of benzene rings is 7. The van der Waals surface area contributed by atoms with Crippen LogP contribution in [0.3, 0.4) is 0 Å². The Morgan fingerprint density at radius 3 is 2.07 bits per heavy atom. The summed E-state index contributed by atoms with van der Waals surface area (Å²) in [6.07, 6.45) is 22.7. The molecule has 4 heteroatoms. The molecule has 0 amide bonds. The van der Waals surface area contributed by atoms with Crippen LogP contribution in [0.15, 0.2) is 254 Å². The number of anilines is 3. The second-order valence-electron chi connectivity index (χ2n) is 16.8. The van der Waals surface area contributed by atoms with Crippen LogP contribution in [0.4, 0.5) is 17.1 Å². The highest BCUT2D eigenvalue weighted by Crippen LogP contribution is 2.52. The second kappa shape index (κ2) is 19.0. The van der Waals surface area contributed by atoms with Gasteiger partial charge in [0.25, 0.3) is 0 Å². The Bertz CT molecular complexity index is 3510. The number of hydrogen-bond acceptors (Lipinski definition) is 3. The largest absolute Gasteiger partial charge is 0.398 e. The zero-order valence-corrected chi connectivity index (χ0v) is 38.5. The summed E-state index contributed by atoms with van der Waals surface area (Å²) in [6.45, 7) is 12.8. The quantitative estimate of drug-likeness (QED) is 0.132. The Labute approximate surface area is 399 Å².